The third-order valence-electron chi connectivity index (χ3n) is 11.1. The Morgan fingerprint density at radius 1 is 1.04 bits per heavy atom. The lowest BCUT2D eigenvalue weighted by Gasteiger charge is -2.51. The van der Waals surface area contributed by atoms with E-state index < -0.39 is 69.1 Å². The first-order valence-corrected chi connectivity index (χ1v) is 19.3. The summed E-state index contributed by atoms with van der Waals surface area (Å²) in [5, 5.41) is 21.2. The van der Waals surface area contributed by atoms with Gasteiger partial charge < -0.3 is 24.4 Å². The molecule has 3 aliphatic rings. The maximum atomic E-state index is 15.0. The Morgan fingerprint density at radius 3 is 2.39 bits per heavy atom. The van der Waals surface area contributed by atoms with Gasteiger partial charge in [0.15, 0.2) is 0 Å². The number of rotatable bonds is 10. The van der Waals surface area contributed by atoms with Gasteiger partial charge in [0.05, 0.1) is 40.7 Å². The summed E-state index contributed by atoms with van der Waals surface area (Å²) in [4.78, 5) is 46.0. The van der Waals surface area contributed by atoms with E-state index in [9.17, 15) is 46.3 Å². The zero-order valence-electron chi connectivity index (χ0n) is 30.4. The van der Waals surface area contributed by atoms with E-state index >= 15 is 4.79 Å². The number of aromatic nitrogens is 1. The number of alkyl halides is 6. The predicted octanol–water partition coefficient (Wildman–Crippen LogP) is 8.12. The Labute approximate surface area is 323 Å². The van der Waals surface area contributed by atoms with E-state index in [1.807, 2.05) is 0 Å². The lowest BCUT2D eigenvalue weighted by Crippen LogP contribution is -2.68. The van der Waals surface area contributed by atoms with Crippen molar-refractivity contribution < 1.29 is 55.3 Å². The van der Waals surface area contributed by atoms with Crippen LogP contribution < -0.4 is 9.47 Å². The minimum atomic E-state index is -4.90. The summed E-state index contributed by atoms with van der Waals surface area (Å²) < 4.78 is 96.1. The van der Waals surface area contributed by atoms with Gasteiger partial charge in [-0.25, -0.2) is 0 Å². The molecule has 10 nitrogen and oxygen atoms in total. The van der Waals surface area contributed by atoms with Crippen LogP contribution in [0.15, 0.2) is 54.2 Å². The van der Waals surface area contributed by atoms with Crippen LogP contribution in [-0.4, -0.2) is 75.1 Å². The lowest BCUT2D eigenvalue weighted by atomic mass is 9.72. The highest BCUT2D eigenvalue weighted by molar-refractivity contribution is 7.10. The lowest BCUT2D eigenvalue weighted by molar-refractivity contribution is -0.160. The van der Waals surface area contributed by atoms with Gasteiger partial charge in [0.1, 0.15) is 16.4 Å². The molecule has 1 aliphatic carbocycles. The van der Waals surface area contributed by atoms with Gasteiger partial charge in [-0.15, -0.1) is 11.3 Å². The highest BCUT2D eigenvalue weighted by Gasteiger charge is 2.57. The van der Waals surface area contributed by atoms with E-state index in [1.165, 1.54) is 4.90 Å². The quantitative estimate of drug-likeness (QED) is 0.203. The first kappa shape index (κ1) is 40.8. The molecule has 4 heterocycles. The highest BCUT2D eigenvalue weighted by atomic mass is 32.1. The molecule has 2 amide bonds. The van der Waals surface area contributed by atoms with Crippen molar-refractivity contribution in [2.45, 2.75) is 100 Å². The van der Waals surface area contributed by atoms with Gasteiger partial charge in [0, 0.05) is 55.5 Å². The summed E-state index contributed by atoms with van der Waals surface area (Å²) in [7, 11) is 0. The number of amides is 2. The Bertz CT molecular complexity index is 1970. The molecule has 1 N–H and O–H groups in total. The molecule has 6 rings (SSSR count). The van der Waals surface area contributed by atoms with Gasteiger partial charge >= 0.3 is 18.3 Å². The summed E-state index contributed by atoms with van der Waals surface area (Å²) in [5.41, 5.74) is -4.50. The number of benzene rings is 1. The number of nitrogens with zero attached hydrogens (tertiary/aromatic N) is 4. The monoisotopic (exact) mass is 806 g/mol. The smallest absolute Gasteiger partial charge is 0.425 e. The highest BCUT2D eigenvalue weighted by Crippen LogP contribution is 2.45. The standard InChI is InChI=1S/C39H40F6N4O6S/c1-2-6-31-37(55-26-20-32(56-22-26)39(43,44)45,12-5-16-49(31)33(50)27-21-47-15-11-28(27)38(40,41)42)35(53)48-17-13-36(23-46,14-18-48)29-7-3-4-8-30(29)54-25-10-9-24(19-25)34(51)52/h3-4,7-8,11,15,20-22,24-25,31H,2,5-6,9-10,12-14,16-19H2,1H3,(H,51,52)/t24-,25+,31-,37+/m1/s1. The van der Waals surface area contributed by atoms with Crippen molar-refractivity contribution in [2.75, 3.05) is 19.6 Å². The van der Waals surface area contributed by atoms with Crippen molar-refractivity contribution >= 4 is 29.1 Å². The van der Waals surface area contributed by atoms with Crippen LogP contribution in [-0.2, 0) is 27.4 Å². The second-order valence-electron chi connectivity index (χ2n) is 14.5. The van der Waals surface area contributed by atoms with E-state index in [2.05, 4.69) is 11.1 Å². The average molecular weight is 807 g/mol. The molecule has 17 heteroatoms. The maximum Gasteiger partial charge on any atom is 0.425 e. The van der Waals surface area contributed by atoms with Crippen molar-refractivity contribution in [3.8, 4) is 17.6 Å². The molecule has 0 bridgehead atoms. The molecule has 56 heavy (non-hydrogen) atoms. The Hall–Kier alpha value is -4.85. The molecular formula is C39H40F6N4O6S. The van der Waals surface area contributed by atoms with E-state index in [4.69, 9.17) is 9.47 Å². The molecule has 3 fully saturated rings. The maximum absolute atomic E-state index is 15.0. The summed E-state index contributed by atoms with van der Waals surface area (Å²) in [5.74, 6) is -2.96. The Kier molecular flexibility index (Phi) is 11.6. The molecule has 0 unspecified atom stereocenters. The van der Waals surface area contributed by atoms with Gasteiger partial charge in [-0.1, -0.05) is 31.5 Å². The average Bonchev–Trinajstić information content (AvgIpc) is 3.85. The first-order valence-electron chi connectivity index (χ1n) is 18.4. The van der Waals surface area contributed by atoms with Crippen molar-refractivity contribution in [1.29, 1.82) is 5.26 Å². The second kappa shape index (κ2) is 16.0. The molecule has 2 aromatic heterocycles. The molecule has 300 valence electrons. The van der Waals surface area contributed by atoms with E-state index in [0.717, 1.165) is 28.7 Å². The topological polar surface area (TPSA) is 133 Å². The summed E-state index contributed by atoms with van der Waals surface area (Å²) >= 11 is 0.363. The minimum absolute atomic E-state index is 0.00140. The van der Waals surface area contributed by atoms with Crippen LogP contribution in [0.2, 0.25) is 0 Å². The van der Waals surface area contributed by atoms with Crippen molar-refractivity contribution in [3.05, 3.63) is 75.7 Å². The van der Waals surface area contributed by atoms with E-state index in [-0.39, 0.29) is 63.6 Å². The number of carboxylic acids is 1. The van der Waals surface area contributed by atoms with Gasteiger partial charge in [0.2, 0.25) is 5.60 Å². The normalized spacial score (nSPS) is 24.0. The first-order chi connectivity index (χ1) is 26.5. The summed E-state index contributed by atoms with van der Waals surface area (Å²) in [6.07, 6.45) is -6.26. The number of hydrogen-bond donors (Lipinski definition) is 1. The molecule has 2 saturated heterocycles. The number of piperidine rings is 2. The zero-order valence-corrected chi connectivity index (χ0v) is 31.2. The predicted molar refractivity (Wildman–Crippen MR) is 190 cm³/mol. The number of carbonyl (C=O) groups is 3. The van der Waals surface area contributed by atoms with Crippen molar-refractivity contribution in [3.63, 3.8) is 0 Å². The van der Waals surface area contributed by atoms with Crippen LogP contribution in [0.5, 0.6) is 11.5 Å². The minimum Gasteiger partial charge on any atom is -0.490 e. The fourth-order valence-electron chi connectivity index (χ4n) is 8.32. The van der Waals surface area contributed by atoms with E-state index in [1.54, 1.807) is 31.2 Å². The number of para-hydroxylation sites is 1. The molecule has 2 aliphatic heterocycles. The van der Waals surface area contributed by atoms with Crippen molar-refractivity contribution in [1.82, 2.24) is 14.8 Å². The number of aliphatic carboxylic acids is 1. The van der Waals surface area contributed by atoms with Gasteiger partial charge in [0.25, 0.3) is 11.8 Å². The van der Waals surface area contributed by atoms with Crippen LogP contribution in [0.3, 0.4) is 0 Å². The second-order valence-corrected chi connectivity index (χ2v) is 15.4. The molecule has 1 saturated carbocycles. The number of nitriles is 1. The fourth-order valence-corrected chi connectivity index (χ4v) is 9.00. The van der Waals surface area contributed by atoms with Gasteiger partial charge in [-0.05, 0) is 57.1 Å². The zero-order chi connectivity index (χ0) is 40.5. The molecule has 4 atom stereocenters. The van der Waals surface area contributed by atoms with Crippen LogP contribution in [0.4, 0.5) is 26.3 Å². The Morgan fingerprint density at radius 2 is 1.77 bits per heavy atom. The van der Waals surface area contributed by atoms with Crippen LogP contribution in [0, 0.1) is 17.2 Å². The fraction of sp³-hybridized carbons (Fsp3) is 0.513. The van der Waals surface area contributed by atoms with E-state index in [0.29, 0.717) is 54.4 Å². The van der Waals surface area contributed by atoms with Crippen LogP contribution in [0.1, 0.15) is 91.1 Å². The SMILES string of the molecule is CCC[C@H]1N(C(=O)c2cnccc2C(F)(F)F)CCC[C@@]1(Oc1csc(C(F)(F)F)c1)C(=O)N1CCC(C#N)(c2ccccc2O[C@H]2CC[C@@H](C(=O)O)C2)CC1. The number of ether oxygens (including phenoxy) is 2. The number of likely N-dealkylation sites (tertiary alicyclic amines) is 2. The van der Waals surface area contributed by atoms with Gasteiger partial charge in [-0.2, -0.15) is 31.6 Å². The third-order valence-corrected chi connectivity index (χ3v) is 12.1. The summed E-state index contributed by atoms with van der Waals surface area (Å²) in [6.45, 7) is 1.70. The largest absolute Gasteiger partial charge is 0.490 e. The summed E-state index contributed by atoms with van der Waals surface area (Å²) in [6, 6.07) is 9.66. The number of carbonyl (C=O) groups excluding carboxylic acids is 2. The molecule has 0 spiro atoms. The van der Waals surface area contributed by atoms with Crippen molar-refractivity contribution in [2.24, 2.45) is 5.92 Å². The number of pyridine rings is 1. The van der Waals surface area contributed by atoms with Gasteiger partial charge in [-0.3, -0.25) is 19.4 Å². The molecular weight excluding hydrogens is 767 g/mol. The third kappa shape index (κ3) is 8.03. The number of thiophene rings is 1. The van der Waals surface area contributed by atoms with Crippen LogP contribution in [0.25, 0.3) is 0 Å². The number of hydrogen-bond acceptors (Lipinski definition) is 8. The molecule has 3 aromatic rings. The van der Waals surface area contributed by atoms with Crippen LogP contribution >= 0.6 is 11.3 Å². The molecule has 0 radical (unpaired) electrons. The number of carboxylic acid groups (broad SMARTS) is 1. The molecule has 1 aromatic carbocycles. The number of halogens is 6. The Balaban J connectivity index is 1.33.